The van der Waals surface area contributed by atoms with Gasteiger partial charge in [0.1, 0.15) is 6.54 Å². The number of anilines is 1. The van der Waals surface area contributed by atoms with Gasteiger partial charge in [-0.15, -0.1) is 0 Å². The van der Waals surface area contributed by atoms with E-state index in [-0.39, 0.29) is 17.0 Å². The Morgan fingerprint density at radius 1 is 1.10 bits per heavy atom. The van der Waals surface area contributed by atoms with Crippen LogP contribution in [0.5, 0.6) is 0 Å². The molecule has 1 heterocycles. The van der Waals surface area contributed by atoms with Crippen LogP contribution in [0.2, 0.25) is 0 Å². The summed E-state index contributed by atoms with van der Waals surface area (Å²) in [7, 11) is 0. The van der Waals surface area contributed by atoms with Gasteiger partial charge in [-0.25, -0.2) is 4.79 Å². The summed E-state index contributed by atoms with van der Waals surface area (Å²) in [5.41, 5.74) is 7.52. The fraction of sp³-hybridized carbons (Fsp3) is 0.407. The molecule has 39 heavy (non-hydrogen) atoms. The van der Waals surface area contributed by atoms with Gasteiger partial charge >= 0.3 is 18.1 Å². The van der Waals surface area contributed by atoms with Gasteiger partial charge in [0, 0.05) is 11.4 Å². The first kappa shape index (κ1) is 30.2. The van der Waals surface area contributed by atoms with E-state index in [1.807, 2.05) is 6.07 Å². The molecule has 0 radical (unpaired) electrons. The molecule has 0 aliphatic carbocycles. The predicted octanol–water partition coefficient (Wildman–Crippen LogP) is 4.18. The molecule has 2 atom stereocenters. The van der Waals surface area contributed by atoms with E-state index in [1.165, 1.54) is 4.90 Å². The Hall–Kier alpha value is -3.38. The molecule has 0 saturated carbocycles. The van der Waals surface area contributed by atoms with Gasteiger partial charge in [-0.1, -0.05) is 36.4 Å². The third-order valence-corrected chi connectivity index (χ3v) is 6.48. The van der Waals surface area contributed by atoms with E-state index < -0.39 is 48.9 Å². The first-order chi connectivity index (χ1) is 18.3. The molecule has 2 aromatic carbocycles. The first-order valence-electron chi connectivity index (χ1n) is 12.4. The van der Waals surface area contributed by atoms with Gasteiger partial charge in [-0.2, -0.15) is 25.8 Å². The molecule has 1 aliphatic rings. The SMILES string of the molecule is CC(C)N1C(=O)CN(C(CC(=O)OC(=O)C(F)(F)F)c2ccccc2)C(=O)c2cc(CCCC(N)S)ccc21. The quantitative estimate of drug-likeness (QED) is 0.204. The summed E-state index contributed by atoms with van der Waals surface area (Å²) in [5, 5.41) is -0.285. The van der Waals surface area contributed by atoms with E-state index >= 15 is 0 Å². The summed E-state index contributed by atoms with van der Waals surface area (Å²) in [6, 6.07) is 11.8. The Bertz CT molecular complexity index is 1220. The van der Waals surface area contributed by atoms with Crippen LogP contribution >= 0.6 is 12.6 Å². The molecular formula is C27H30F3N3O5S. The number of fused-ring (bicyclic) bond motifs is 1. The predicted molar refractivity (Wildman–Crippen MR) is 141 cm³/mol. The van der Waals surface area contributed by atoms with E-state index in [0.29, 0.717) is 30.5 Å². The van der Waals surface area contributed by atoms with E-state index in [1.54, 1.807) is 56.3 Å². The van der Waals surface area contributed by atoms with Gasteiger partial charge in [-0.3, -0.25) is 14.4 Å². The lowest BCUT2D eigenvalue weighted by atomic mass is 9.99. The van der Waals surface area contributed by atoms with Crippen molar-refractivity contribution in [2.45, 2.75) is 63.2 Å². The number of amides is 2. The van der Waals surface area contributed by atoms with Crippen LogP contribution in [0, 0.1) is 0 Å². The number of nitrogens with two attached hydrogens (primary N) is 1. The number of halogens is 3. The smallest absolute Gasteiger partial charge is 0.386 e. The number of thiol groups is 1. The molecule has 1 aliphatic heterocycles. The highest BCUT2D eigenvalue weighted by molar-refractivity contribution is 7.80. The van der Waals surface area contributed by atoms with Gasteiger partial charge in [0.2, 0.25) is 5.91 Å². The van der Waals surface area contributed by atoms with Gasteiger partial charge in [0.05, 0.1) is 23.7 Å². The number of ether oxygens (including phenoxy) is 1. The van der Waals surface area contributed by atoms with Crippen LogP contribution in [0.25, 0.3) is 0 Å². The van der Waals surface area contributed by atoms with Crippen molar-refractivity contribution in [3.8, 4) is 0 Å². The van der Waals surface area contributed by atoms with Crippen molar-refractivity contribution in [2.24, 2.45) is 5.73 Å². The topological polar surface area (TPSA) is 110 Å². The molecule has 3 rings (SSSR count). The van der Waals surface area contributed by atoms with Crippen molar-refractivity contribution in [1.82, 2.24) is 4.90 Å². The van der Waals surface area contributed by atoms with E-state index in [0.717, 1.165) is 10.5 Å². The number of hydrogen-bond acceptors (Lipinski definition) is 7. The Kier molecular flexibility index (Phi) is 9.78. The van der Waals surface area contributed by atoms with E-state index in [2.05, 4.69) is 17.4 Å². The first-order valence-corrected chi connectivity index (χ1v) is 12.9. The Labute approximate surface area is 229 Å². The maximum Gasteiger partial charge on any atom is 0.491 e. The lowest BCUT2D eigenvalue weighted by Crippen LogP contribution is -2.44. The number of nitrogens with zero attached hydrogens (tertiary/aromatic N) is 2. The second kappa shape index (κ2) is 12.6. The molecule has 2 amide bonds. The molecule has 2 aromatic rings. The van der Waals surface area contributed by atoms with Crippen LogP contribution in [-0.4, -0.2) is 52.8 Å². The molecule has 2 unspecified atom stereocenters. The number of rotatable bonds is 9. The van der Waals surface area contributed by atoms with Crippen molar-refractivity contribution >= 4 is 42.1 Å². The second-order valence-corrected chi connectivity index (χ2v) is 10.2. The minimum atomic E-state index is -5.36. The summed E-state index contributed by atoms with van der Waals surface area (Å²) < 4.78 is 42.1. The van der Waals surface area contributed by atoms with Crippen LogP contribution in [-0.2, 0) is 25.5 Å². The number of esters is 2. The van der Waals surface area contributed by atoms with Crippen LogP contribution in [0.1, 0.15) is 60.6 Å². The normalized spacial score (nSPS) is 15.6. The highest BCUT2D eigenvalue weighted by Gasteiger charge is 2.43. The van der Waals surface area contributed by atoms with Crippen molar-refractivity contribution in [1.29, 1.82) is 0 Å². The van der Waals surface area contributed by atoms with E-state index in [4.69, 9.17) is 5.73 Å². The monoisotopic (exact) mass is 565 g/mol. The van der Waals surface area contributed by atoms with Crippen LogP contribution in [0.4, 0.5) is 18.9 Å². The van der Waals surface area contributed by atoms with Crippen LogP contribution in [0.3, 0.4) is 0 Å². The molecule has 8 nitrogen and oxygen atoms in total. The minimum Gasteiger partial charge on any atom is -0.386 e. The lowest BCUT2D eigenvalue weighted by Gasteiger charge is -2.30. The Balaban J connectivity index is 2.04. The maximum atomic E-state index is 14.0. The van der Waals surface area contributed by atoms with Crippen LogP contribution < -0.4 is 10.6 Å². The minimum absolute atomic E-state index is 0.211. The third kappa shape index (κ3) is 7.60. The summed E-state index contributed by atoms with van der Waals surface area (Å²) >= 11 is 4.18. The standard InChI is InChI=1S/C27H30F3N3O5S/c1-16(2)33-20-12-11-17(7-6-10-22(31)39)13-19(20)25(36)32(15-23(33)34)21(18-8-4-3-5-9-18)14-24(35)38-26(37)27(28,29)30/h3-5,8-9,11-13,16,21-22,39H,6-7,10,14-15,31H2,1-2H3. The summed E-state index contributed by atoms with van der Waals surface area (Å²) in [4.78, 5) is 53.8. The van der Waals surface area contributed by atoms with Crippen LogP contribution in [0.15, 0.2) is 48.5 Å². The molecule has 0 aromatic heterocycles. The zero-order chi connectivity index (χ0) is 28.9. The average molecular weight is 566 g/mol. The number of aryl methyl sites for hydroxylation is 1. The molecule has 0 bridgehead atoms. The van der Waals surface area contributed by atoms with Gasteiger partial charge in [0.25, 0.3) is 5.91 Å². The number of alkyl halides is 3. The molecular weight excluding hydrogens is 535 g/mol. The highest BCUT2D eigenvalue weighted by atomic mass is 32.1. The molecule has 210 valence electrons. The Morgan fingerprint density at radius 2 is 1.77 bits per heavy atom. The maximum absolute atomic E-state index is 14.0. The third-order valence-electron chi connectivity index (χ3n) is 6.23. The van der Waals surface area contributed by atoms with Gasteiger partial charge in [0.15, 0.2) is 0 Å². The largest absolute Gasteiger partial charge is 0.491 e. The van der Waals surface area contributed by atoms with E-state index in [9.17, 15) is 32.3 Å². The van der Waals surface area contributed by atoms with Gasteiger partial charge < -0.3 is 20.3 Å². The van der Waals surface area contributed by atoms with Gasteiger partial charge in [-0.05, 0) is 56.4 Å². The molecule has 0 fully saturated rings. The van der Waals surface area contributed by atoms with Crippen molar-refractivity contribution in [3.63, 3.8) is 0 Å². The summed E-state index contributed by atoms with van der Waals surface area (Å²) in [5.74, 6) is -5.16. The number of carbonyl (C=O) groups excluding carboxylic acids is 4. The molecule has 2 N–H and O–H groups in total. The fourth-order valence-electron chi connectivity index (χ4n) is 4.48. The zero-order valence-corrected chi connectivity index (χ0v) is 22.4. The fourth-order valence-corrected chi connectivity index (χ4v) is 4.66. The van der Waals surface area contributed by atoms with Crippen molar-refractivity contribution in [3.05, 3.63) is 65.2 Å². The number of benzene rings is 2. The van der Waals surface area contributed by atoms with Crippen molar-refractivity contribution < 1.29 is 37.1 Å². The number of carbonyl (C=O) groups is 4. The van der Waals surface area contributed by atoms with Crippen molar-refractivity contribution in [2.75, 3.05) is 11.4 Å². The Morgan fingerprint density at radius 3 is 2.36 bits per heavy atom. The highest BCUT2D eigenvalue weighted by Crippen LogP contribution is 2.34. The summed E-state index contributed by atoms with van der Waals surface area (Å²) in [6.07, 6.45) is -4.19. The zero-order valence-electron chi connectivity index (χ0n) is 21.5. The second-order valence-electron chi connectivity index (χ2n) is 9.49. The average Bonchev–Trinajstić information content (AvgIpc) is 2.96. The molecule has 0 spiro atoms. The molecule has 12 heteroatoms. The lowest BCUT2D eigenvalue weighted by molar-refractivity contribution is -0.202. The number of hydrogen-bond donors (Lipinski definition) is 2. The molecule has 0 saturated heterocycles. The summed E-state index contributed by atoms with van der Waals surface area (Å²) in [6.45, 7) is 3.13.